The van der Waals surface area contributed by atoms with Gasteiger partial charge in [-0.05, 0) is 36.8 Å². The molecular formula is C16H18N2O2. The highest BCUT2D eigenvalue weighted by Crippen LogP contribution is 2.21. The normalized spacial score (nSPS) is 10.9. The number of rotatable bonds is 6. The fourth-order valence-electron chi connectivity index (χ4n) is 1.81. The van der Waals surface area contributed by atoms with Crippen LogP contribution in [0.5, 0.6) is 5.75 Å². The third-order valence-corrected chi connectivity index (χ3v) is 2.82. The van der Waals surface area contributed by atoms with Gasteiger partial charge in [0.1, 0.15) is 12.1 Å². The number of aromatic nitrogens is 2. The molecule has 4 heteroatoms. The Morgan fingerprint density at radius 2 is 2.10 bits per heavy atom. The highest BCUT2D eigenvalue weighted by molar-refractivity contribution is 5.68. The molecule has 0 atom stereocenters. The average Bonchev–Trinajstić information content (AvgIpc) is 2.52. The lowest BCUT2D eigenvalue weighted by Gasteiger charge is -2.09. The molecule has 0 spiro atoms. The quantitative estimate of drug-likeness (QED) is 0.808. The molecule has 0 amide bonds. The number of hydrogen-bond donors (Lipinski definition) is 0. The lowest BCUT2D eigenvalue weighted by molar-refractivity contribution is 0.132. The topological polar surface area (TPSA) is 44.2 Å². The van der Waals surface area contributed by atoms with Gasteiger partial charge in [-0.3, -0.25) is 0 Å². The van der Waals surface area contributed by atoms with Crippen LogP contribution in [0.3, 0.4) is 0 Å². The van der Waals surface area contributed by atoms with Gasteiger partial charge >= 0.3 is 0 Å². The second-order valence-electron chi connectivity index (χ2n) is 4.18. The first-order valence-electron chi connectivity index (χ1n) is 6.52. The van der Waals surface area contributed by atoms with Crippen molar-refractivity contribution in [3.05, 3.63) is 53.6 Å². The summed E-state index contributed by atoms with van der Waals surface area (Å²) in [4.78, 5) is 8.05. The lowest BCUT2D eigenvalue weighted by atomic mass is 10.1. The first-order chi connectivity index (χ1) is 9.83. The SMILES string of the molecule is CCOCc1cc(C=Cc2ccncn2)ccc1OC. The molecule has 0 fully saturated rings. The first-order valence-corrected chi connectivity index (χ1v) is 6.52. The van der Waals surface area contributed by atoms with Gasteiger partial charge in [-0.2, -0.15) is 0 Å². The molecule has 0 aliphatic rings. The second-order valence-corrected chi connectivity index (χ2v) is 4.18. The predicted molar refractivity (Wildman–Crippen MR) is 79.3 cm³/mol. The van der Waals surface area contributed by atoms with Crippen molar-refractivity contribution in [3.63, 3.8) is 0 Å². The number of hydrogen-bond acceptors (Lipinski definition) is 4. The van der Waals surface area contributed by atoms with Crippen molar-refractivity contribution in [3.8, 4) is 5.75 Å². The molecule has 1 heterocycles. The van der Waals surface area contributed by atoms with Crippen LogP contribution in [0.1, 0.15) is 23.7 Å². The van der Waals surface area contributed by atoms with E-state index in [9.17, 15) is 0 Å². The van der Waals surface area contributed by atoms with E-state index < -0.39 is 0 Å². The highest BCUT2D eigenvalue weighted by atomic mass is 16.5. The van der Waals surface area contributed by atoms with Crippen molar-refractivity contribution in [1.82, 2.24) is 9.97 Å². The molecule has 0 aliphatic carbocycles. The Bertz CT molecular complexity index is 568. The van der Waals surface area contributed by atoms with Crippen LogP contribution in [0, 0.1) is 0 Å². The van der Waals surface area contributed by atoms with Gasteiger partial charge in [0.25, 0.3) is 0 Å². The summed E-state index contributed by atoms with van der Waals surface area (Å²) in [6.45, 7) is 3.21. The first kappa shape index (κ1) is 14.2. The van der Waals surface area contributed by atoms with Crippen molar-refractivity contribution in [2.24, 2.45) is 0 Å². The molecule has 20 heavy (non-hydrogen) atoms. The smallest absolute Gasteiger partial charge is 0.124 e. The summed E-state index contributed by atoms with van der Waals surface area (Å²) in [6.07, 6.45) is 7.22. The zero-order valence-corrected chi connectivity index (χ0v) is 11.7. The van der Waals surface area contributed by atoms with Crippen LogP contribution in [0.4, 0.5) is 0 Å². The highest BCUT2D eigenvalue weighted by Gasteiger charge is 2.03. The van der Waals surface area contributed by atoms with Gasteiger partial charge in [0, 0.05) is 18.4 Å². The molecule has 0 saturated heterocycles. The van der Waals surface area contributed by atoms with Gasteiger partial charge in [0.15, 0.2) is 0 Å². The van der Waals surface area contributed by atoms with Crippen LogP contribution in [0.25, 0.3) is 12.2 Å². The Morgan fingerprint density at radius 3 is 2.80 bits per heavy atom. The van der Waals surface area contributed by atoms with E-state index in [0.717, 1.165) is 22.6 Å². The Kier molecular flexibility index (Phi) is 5.26. The monoisotopic (exact) mass is 270 g/mol. The molecule has 0 unspecified atom stereocenters. The summed E-state index contributed by atoms with van der Waals surface area (Å²) in [5, 5.41) is 0. The maximum atomic E-state index is 5.46. The van der Waals surface area contributed by atoms with E-state index >= 15 is 0 Å². The summed E-state index contributed by atoms with van der Waals surface area (Å²) in [7, 11) is 1.67. The Labute approximate surface area is 119 Å². The van der Waals surface area contributed by atoms with Gasteiger partial charge in [-0.15, -0.1) is 0 Å². The molecular weight excluding hydrogens is 252 g/mol. The minimum absolute atomic E-state index is 0.550. The zero-order valence-electron chi connectivity index (χ0n) is 11.7. The molecule has 0 saturated carbocycles. The molecule has 0 N–H and O–H groups in total. The maximum absolute atomic E-state index is 5.46. The lowest BCUT2D eigenvalue weighted by Crippen LogP contribution is -1.96. The maximum Gasteiger partial charge on any atom is 0.124 e. The van der Waals surface area contributed by atoms with Crippen molar-refractivity contribution in [2.45, 2.75) is 13.5 Å². The molecule has 0 aliphatic heterocycles. The fourth-order valence-corrected chi connectivity index (χ4v) is 1.81. The van der Waals surface area contributed by atoms with Crippen molar-refractivity contribution >= 4 is 12.2 Å². The van der Waals surface area contributed by atoms with E-state index in [0.29, 0.717) is 13.2 Å². The summed E-state index contributed by atoms with van der Waals surface area (Å²) in [6, 6.07) is 7.88. The van der Waals surface area contributed by atoms with Gasteiger partial charge in [-0.1, -0.05) is 12.1 Å². The van der Waals surface area contributed by atoms with Gasteiger partial charge in [0.2, 0.25) is 0 Å². The third kappa shape index (κ3) is 3.90. The molecule has 2 rings (SSSR count). The van der Waals surface area contributed by atoms with E-state index in [4.69, 9.17) is 9.47 Å². The Balaban J connectivity index is 2.18. The number of methoxy groups -OCH3 is 1. The minimum atomic E-state index is 0.550. The van der Waals surface area contributed by atoms with Crippen LogP contribution in [0.15, 0.2) is 36.8 Å². The number of ether oxygens (including phenoxy) is 2. The van der Waals surface area contributed by atoms with Crippen LogP contribution >= 0.6 is 0 Å². The van der Waals surface area contributed by atoms with Crippen molar-refractivity contribution in [2.75, 3.05) is 13.7 Å². The van der Waals surface area contributed by atoms with Crippen molar-refractivity contribution < 1.29 is 9.47 Å². The largest absolute Gasteiger partial charge is 0.496 e. The molecule has 1 aromatic carbocycles. The van der Waals surface area contributed by atoms with Crippen LogP contribution in [0.2, 0.25) is 0 Å². The fraction of sp³-hybridized carbons (Fsp3) is 0.250. The minimum Gasteiger partial charge on any atom is -0.496 e. The summed E-state index contributed by atoms with van der Waals surface area (Å²) in [5.74, 6) is 0.845. The molecule has 4 nitrogen and oxygen atoms in total. The number of benzene rings is 1. The zero-order chi connectivity index (χ0) is 14.2. The average molecular weight is 270 g/mol. The Morgan fingerprint density at radius 1 is 1.20 bits per heavy atom. The van der Waals surface area contributed by atoms with Crippen LogP contribution in [-0.2, 0) is 11.3 Å². The van der Waals surface area contributed by atoms with Crippen LogP contribution < -0.4 is 4.74 Å². The third-order valence-electron chi connectivity index (χ3n) is 2.82. The standard InChI is InChI=1S/C16H18N2O2/c1-3-20-11-14-10-13(5-7-16(14)19-2)4-6-15-8-9-17-12-18-15/h4-10,12H,3,11H2,1-2H3. The van der Waals surface area contributed by atoms with Crippen LogP contribution in [-0.4, -0.2) is 23.7 Å². The number of nitrogens with zero attached hydrogens (tertiary/aromatic N) is 2. The molecule has 0 bridgehead atoms. The van der Waals surface area contributed by atoms with Gasteiger partial charge < -0.3 is 9.47 Å². The molecule has 1 aromatic heterocycles. The molecule has 0 radical (unpaired) electrons. The van der Waals surface area contributed by atoms with Gasteiger partial charge in [-0.25, -0.2) is 9.97 Å². The van der Waals surface area contributed by atoms with E-state index in [2.05, 4.69) is 16.0 Å². The predicted octanol–water partition coefficient (Wildman–Crippen LogP) is 3.19. The summed E-state index contributed by atoms with van der Waals surface area (Å²) >= 11 is 0. The molecule has 104 valence electrons. The second kappa shape index (κ2) is 7.40. The molecule has 2 aromatic rings. The summed E-state index contributed by atoms with van der Waals surface area (Å²) in [5.41, 5.74) is 3.00. The Hall–Kier alpha value is -2.20. The van der Waals surface area contributed by atoms with E-state index in [1.807, 2.05) is 37.3 Å². The van der Waals surface area contributed by atoms with Gasteiger partial charge in [0.05, 0.1) is 19.4 Å². The summed E-state index contributed by atoms with van der Waals surface area (Å²) < 4.78 is 10.8. The van der Waals surface area contributed by atoms with Crippen molar-refractivity contribution in [1.29, 1.82) is 0 Å². The van der Waals surface area contributed by atoms with E-state index in [1.165, 1.54) is 6.33 Å². The van der Waals surface area contributed by atoms with E-state index in [-0.39, 0.29) is 0 Å². The van der Waals surface area contributed by atoms with E-state index in [1.54, 1.807) is 13.3 Å².